The maximum absolute atomic E-state index is 13.3. The number of H-pyrrole nitrogens is 1. The van der Waals surface area contributed by atoms with E-state index in [4.69, 9.17) is 21.1 Å². The molecule has 2 N–H and O–H groups in total. The lowest BCUT2D eigenvalue weighted by Gasteiger charge is -2.39. The molecule has 0 aromatic carbocycles. The SMILES string of the molecule is CCc1[nH]c(C(=O)N[C@@H]2CCN(C(=O)OC(C)(C)C)C[C@@H]2OCC(C)(F)F)nc1Cl. The first-order valence-corrected chi connectivity index (χ1v) is 10.2. The molecular formula is C19H29ClF2N4O4. The number of nitrogens with one attached hydrogen (secondary N) is 2. The molecular weight excluding hydrogens is 422 g/mol. The van der Waals surface area contributed by atoms with E-state index in [1.165, 1.54) is 4.90 Å². The number of halogens is 3. The molecule has 1 aliphatic rings. The van der Waals surface area contributed by atoms with Gasteiger partial charge < -0.3 is 24.7 Å². The van der Waals surface area contributed by atoms with E-state index in [-0.39, 0.29) is 24.1 Å². The number of aromatic amines is 1. The molecule has 1 aromatic rings. The number of ether oxygens (including phenoxy) is 2. The Balaban J connectivity index is 2.10. The number of carbonyl (C=O) groups excluding carboxylic acids is 2. The number of alkyl halides is 2. The molecule has 2 atom stereocenters. The number of carbonyl (C=O) groups is 2. The Morgan fingerprint density at radius 3 is 2.53 bits per heavy atom. The second kappa shape index (κ2) is 9.47. The van der Waals surface area contributed by atoms with Crippen LogP contribution in [0.1, 0.15) is 57.4 Å². The summed E-state index contributed by atoms with van der Waals surface area (Å²) in [5, 5.41) is 2.96. The van der Waals surface area contributed by atoms with Crippen molar-refractivity contribution in [3.8, 4) is 0 Å². The topological polar surface area (TPSA) is 96.6 Å². The Morgan fingerprint density at radius 1 is 1.33 bits per heavy atom. The van der Waals surface area contributed by atoms with E-state index < -0.39 is 42.3 Å². The standard InChI is InChI=1S/C19H29ClF2N4O4/c1-6-11-14(20)25-15(23-11)16(27)24-12-7-8-26(17(28)30-18(2,3)4)9-13(12)29-10-19(5,21)22/h12-13H,6-10H2,1-5H3,(H,23,25)(H,24,27)/t12-,13+/m1/s1. The molecule has 1 aromatic heterocycles. The molecule has 8 nitrogen and oxygen atoms in total. The first-order valence-electron chi connectivity index (χ1n) is 9.81. The number of imidazole rings is 1. The molecule has 0 bridgehead atoms. The van der Waals surface area contributed by atoms with Crippen molar-refractivity contribution < 1.29 is 27.8 Å². The van der Waals surface area contributed by atoms with Gasteiger partial charge in [-0.25, -0.2) is 18.6 Å². The van der Waals surface area contributed by atoms with Crippen molar-refractivity contribution in [1.82, 2.24) is 20.2 Å². The highest BCUT2D eigenvalue weighted by atomic mass is 35.5. The molecule has 0 unspecified atom stereocenters. The van der Waals surface area contributed by atoms with Gasteiger partial charge in [0.2, 0.25) is 0 Å². The minimum absolute atomic E-state index is 0.00899. The number of likely N-dealkylation sites (tertiary alicyclic amines) is 1. The first kappa shape index (κ1) is 24.3. The van der Waals surface area contributed by atoms with Crippen LogP contribution in [-0.2, 0) is 15.9 Å². The van der Waals surface area contributed by atoms with Crippen LogP contribution in [0.2, 0.25) is 5.15 Å². The maximum atomic E-state index is 13.3. The second-order valence-corrected chi connectivity index (χ2v) is 8.78. The summed E-state index contributed by atoms with van der Waals surface area (Å²) in [5.41, 5.74) is -0.0650. The predicted octanol–water partition coefficient (Wildman–Crippen LogP) is 3.41. The van der Waals surface area contributed by atoms with Gasteiger partial charge in [0, 0.05) is 13.5 Å². The Morgan fingerprint density at radius 2 is 2.00 bits per heavy atom. The molecule has 0 saturated carbocycles. The number of aromatic nitrogens is 2. The molecule has 1 fully saturated rings. The molecule has 1 saturated heterocycles. The zero-order valence-electron chi connectivity index (χ0n) is 17.9. The molecule has 2 rings (SSSR count). The second-order valence-electron chi connectivity index (χ2n) is 8.42. The lowest BCUT2D eigenvalue weighted by molar-refractivity contribution is -0.107. The van der Waals surface area contributed by atoms with Crippen molar-refractivity contribution in [2.24, 2.45) is 0 Å². The van der Waals surface area contributed by atoms with E-state index in [1.807, 2.05) is 6.92 Å². The van der Waals surface area contributed by atoms with Crippen LogP contribution >= 0.6 is 11.6 Å². The van der Waals surface area contributed by atoms with E-state index in [0.717, 1.165) is 6.92 Å². The van der Waals surface area contributed by atoms with E-state index in [1.54, 1.807) is 20.8 Å². The fourth-order valence-electron chi connectivity index (χ4n) is 2.96. The Bertz CT molecular complexity index is 761. The number of rotatable bonds is 6. The fourth-order valence-corrected chi connectivity index (χ4v) is 3.23. The molecule has 2 amide bonds. The zero-order valence-corrected chi connectivity index (χ0v) is 18.6. The lowest BCUT2D eigenvalue weighted by Crippen LogP contribution is -2.57. The number of nitrogens with zero attached hydrogens (tertiary/aromatic N) is 2. The van der Waals surface area contributed by atoms with Gasteiger partial charge in [-0.3, -0.25) is 4.79 Å². The number of amides is 2. The third-order valence-corrected chi connectivity index (χ3v) is 4.69. The van der Waals surface area contributed by atoms with Gasteiger partial charge >= 0.3 is 6.09 Å². The van der Waals surface area contributed by atoms with E-state index in [9.17, 15) is 18.4 Å². The Labute approximate surface area is 179 Å². The van der Waals surface area contributed by atoms with Crippen molar-refractivity contribution in [3.05, 3.63) is 16.7 Å². The number of piperidine rings is 1. The van der Waals surface area contributed by atoms with Gasteiger partial charge in [-0.1, -0.05) is 18.5 Å². The highest BCUT2D eigenvalue weighted by Gasteiger charge is 2.37. The molecule has 0 aliphatic carbocycles. The van der Waals surface area contributed by atoms with Crippen LogP contribution in [0.25, 0.3) is 0 Å². The predicted molar refractivity (Wildman–Crippen MR) is 107 cm³/mol. The fraction of sp³-hybridized carbons (Fsp3) is 0.737. The van der Waals surface area contributed by atoms with Gasteiger partial charge in [-0.15, -0.1) is 0 Å². The van der Waals surface area contributed by atoms with Crippen molar-refractivity contribution in [2.75, 3.05) is 19.7 Å². The minimum Gasteiger partial charge on any atom is -0.444 e. The average molecular weight is 451 g/mol. The van der Waals surface area contributed by atoms with E-state index in [2.05, 4.69) is 15.3 Å². The van der Waals surface area contributed by atoms with E-state index >= 15 is 0 Å². The van der Waals surface area contributed by atoms with Gasteiger partial charge in [0.15, 0.2) is 11.0 Å². The van der Waals surface area contributed by atoms with Crippen LogP contribution in [-0.4, -0.2) is 70.2 Å². The lowest BCUT2D eigenvalue weighted by atomic mass is 10.0. The van der Waals surface area contributed by atoms with Crippen LogP contribution < -0.4 is 5.32 Å². The molecule has 170 valence electrons. The number of hydrogen-bond acceptors (Lipinski definition) is 5. The van der Waals surface area contributed by atoms with Gasteiger partial charge in [0.25, 0.3) is 11.8 Å². The molecule has 2 heterocycles. The normalized spacial score (nSPS) is 20.2. The number of hydrogen-bond donors (Lipinski definition) is 2. The first-order chi connectivity index (χ1) is 13.8. The largest absolute Gasteiger partial charge is 0.444 e. The third kappa shape index (κ3) is 7.09. The highest BCUT2D eigenvalue weighted by Crippen LogP contribution is 2.21. The smallest absolute Gasteiger partial charge is 0.410 e. The molecule has 0 spiro atoms. The summed E-state index contributed by atoms with van der Waals surface area (Å²) >= 11 is 5.98. The summed E-state index contributed by atoms with van der Waals surface area (Å²) in [6.45, 7) is 7.28. The van der Waals surface area contributed by atoms with Gasteiger partial charge in [0.1, 0.15) is 12.2 Å². The average Bonchev–Trinajstić information content (AvgIpc) is 2.99. The highest BCUT2D eigenvalue weighted by molar-refractivity contribution is 6.30. The Hall–Kier alpha value is -1.94. The van der Waals surface area contributed by atoms with Crippen LogP contribution in [0, 0.1) is 0 Å². The summed E-state index contributed by atoms with van der Waals surface area (Å²) < 4.78 is 37.4. The van der Waals surface area contributed by atoms with Gasteiger partial charge in [-0.05, 0) is 33.6 Å². The van der Waals surface area contributed by atoms with Crippen LogP contribution in [0.5, 0.6) is 0 Å². The summed E-state index contributed by atoms with van der Waals surface area (Å²) in [6, 6.07) is -0.590. The molecule has 30 heavy (non-hydrogen) atoms. The molecule has 0 radical (unpaired) electrons. The molecule has 1 aliphatic heterocycles. The summed E-state index contributed by atoms with van der Waals surface area (Å²) in [5.74, 6) is -3.54. The molecule has 11 heteroatoms. The third-order valence-electron chi connectivity index (χ3n) is 4.38. The van der Waals surface area contributed by atoms with Gasteiger partial charge in [0.05, 0.1) is 24.4 Å². The monoisotopic (exact) mass is 450 g/mol. The van der Waals surface area contributed by atoms with Crippen molar-refractivity contribution >= 4 is 23.6 Å². The van der Waals surface area contributed by atoms with E-state index in [0.29, 0.717) is 18.5 Å². The van der Waals surface area contributed by atoms with Crippen LogP contribution in [0.3, 0.4) is 0 Å². The van der Waals surface area contributed by atoms with Crippen LogP contribution in [0.15, 0.2) is 0 Å². The zero-order chi connectivity index (χ0) is 22.7. The van der Waals surface area contributed by atoms with Crippen molar-refractivity contribution in [3.63, 3.8) is 0 Å². The quantitative estimate of drug-likeness (QED) is 0.692. The summed E-state index contributed by atoms with van der Waals surface area (Å²) in [7, 11) is 0. The van der Waals surface area contributed by atoms with Crippen molar-refractivity contribution in [1.29, 1.82) is 0 Å². The summed E-state index contributed by atoms with van der Waals surface area (Å²) in [6.07, 6.45) is -0.517. The van der Waals surface area contributed by atoms with Gasteiger partial charge in [-0.2, -0.15) is 0 Å². The minimum atomic E-state index is -3.05. The Kier molecular flexibility index (Phi) is 7.68. The summed E-state index contributed by atoms with van der Waals surface area (Å²) in [4.78, 5) is 33.2. The maximum Gasteiger partial charge on any atom is 0.410 e. The van der Waals surface area contributed by atoms with Crippen LogP contribution in [0.4, 0.5) is 13.6 Å². The van der Waals surface area contributed by atoms with Crippen molar-refractivity contribution in [2.45, 2.75) is 71.1 Å². The number of aryl methyl sites for hydroxylation is 1.